The number of rotatable bonds is 5. The van der Waals surface area contributed by atoms with Gasteiger partial charge >= 0.3 is 0 Å². The molecule has 2 nitrogen and oxygen atoms in total. The minimum absolute atomic E-state index is 0.178. The maximum Gasteiger partial charge on any atom is 0.130 e. The highest BCUT2D eigenvalue weighted by molar-refractivity contribution is 5.34. The zero-order valence-corrected chi connectivity index (χ0v) is 14.2. The number of benzene rings is 2. The molecule has 0 heterocycles. The summed E-state index contributed by atoms with van der Waals surface area (Å²) in [5, 5.41) is 0. The molecular formula is C21H23FO2. The quantitative estimate of drug-likeness (QED) is 0.677. The monoisotopic (exact) mass is 326 g/mol. The molecule has 2 unspecified atom stereocenters. The van der Waals surface area contributed by atoms with Crippen molar-refractivity contribution in [3.05, 3.63) is 71.6 Å². The Kier molecular flexibility index (Phi) is 5.19. The average molecular weight is 326 g/mol. The van der Waals surface area contributed by atoms with Gasteiger partial charge in [0, 0.05) is 12.0 Å². The molecule has 2 aromatic carbocycles. The van der Waals surface area contributed by atoms with Crippen LogP contribution in [0.25, 0.3) is 0 Å². The number of halogens is 1. The van der Waals surface area contributed by atoms with Crippen molar-refractivity contribution >= 4 is 0 Å². The fourth-order valence-corrected chi connectivity index (χ4v) is 3.00. The van der Waals surface area contributed by atoms with Crippen LogP contribution < -0.4 is 9.47 Å². The molecule has 126 valence electrons. The number of ether oxygens (including phenoxy) is 2. The van der Waals surface area contributed by atoms with Crippen LogP contribution in [-0.4, -0.2) is 7.11 Å². The number of methoxy groups -OCH3 is 1. The second-order valence-electron chi connectivity index (χ2n) is 6.37. The molecule has 24 heavy (non-hydrogen) atoms. The van der Waals surface area contributed by atoms with Crippen LogP contribution in [0.5, 0.6) is 11.5 Å². The van der Waals surface area contributed by atoms with E-state index in [1.54, 1.807) is 7.11 Å². The van der Waals surface area contributed by atoms with Crippen molar-refractivity contribution in [1.29, 1.82) is 0 Å². The van der Waals surface area contributed by atoms with E-state index in [1.807, 2.05) is 36.4 Å². The third-order valence-corrected chi connectivity index (χ3v) is 4.54. The van der Waals surface area contributed by atoms with E-state index in [9.17, 15) is 4.39 Å². The number of hydrogen-bond donors (Lipinski definition) is 0. The molecule has 0 saturated carbocycles. The van der Waals surface area contributed by atoms with Crippen molar-refractivity contribution < 1.29 is 13.9 Å². The van der Waals surface area contributed by atoms with Crippen molar-refractivity contribution in [3.63, 3.8) is 0 Å². The molecule has 0 radical (unpaired) electrons. The molecule has 3 rings (SSSR count). The van der Waals surface area contributed by atoms with E-state index >= 15 is 0 Å². The Morgan fingerprint density at radius 2 is 1.75 bits per heavy atom. The van der Waals surface area contributed by atoms with Crippen LogP contribution in [0.3, 0.4) is 0 Å². The van der Waals surface area contributed by atoms with Gasteiger partial charge in [-0.3, -0.25) is 0 Å². The van der Waals surface area contributed by atoms with E-state index in [-0.39, 0.29) is 11.7 Å². The lowest BCUT2D eigenvalue weighted by molar-refractivity contribution is 0.304. The molecule has 0 aliphatic heterocycles. The first-order chi connectivity index (χ1) is 11.7. The maximum atomic E-state index is 14.4. The standard InChI is InChI=1S/C21H23FO2/c1-15-3-7-17(8-4-15)20-12-11-19(13-21(20)22)24-14-16-5-9-18(23-2)10-6-16/h3,5-7,9-13,15,17H,4,8,14H2,1-2H3. The molecule has 0 fully saturated rings. The van der Waals surface area contributed by atoms with E-state index in [0.717, 1.165) is 29.7 Å². The molecule has 0 N–H and O–H groups in total. The van der Waals surface area contributed by atoms with Gasteiger partial charge in [-0.1, -0.05) is 37.3 Å². The summed E-state index contributed by atoms with van der Waals surface area (Å²) in [5.41, 5.74) is 1.78. The largest absolute Gasteiger partial charge is 0.497 e. The zero-order chi connectivity index (χ0) is 16.9. The summed E-state index contributed by atoms with van der Waals surface area (Å²) < 4.78 is 25.3. The van der Waals surface area contributed by atoms with E-state index in [4.69, 9.17) is 9.47 Å². The summed E-state index contributed by atoms with van der Waals surface area (Å²) in [4.78, 5) is 0. The highest BCUT2D eigenvalue weighted by atomic mass is 19.1. The summed E-state index contributed by atoms with van der Waals surface area (Å²) in [6, 6.07) is 12.9. The van der Waals surface area contributed by atoms with Crippen LogP contribution in [0.15, 0.2) is 54.6 Å². The molecule has 3 heteroatoms. The molecule has 1 aliphatic carbocycles. The van der Waals surface area contributed by atoms with Crippen LogP contribution in [-0.2, 0) is 6.61 Å². The predicted molar refractivity (Wildman–Crippen MR) is 94.0 cm³/mol. The van der Waals surface area contributed by atoms with E-state index in [1.165, 1.54) is 6.07 Å². The van der Waals surface area contributed by atoms with Crippen LogP contribution in [0.2, 0.25) is 0 Å². The third kappa shape index (κ3) is 3.97. The Labute approximate surface area is 142 Å². The fourth-order valence-electron chi connectivity index (χ4n) is 3.00. The molecule has 2 atom stereocenters. The molecule has 0 bridgehead atoms. The lowest BCUT2D eigenvalue weighted by Gasteiger charge is -2.21. The average Bonchev–Trinajstić information content (AvgIpc) is 2.61. The van der Waals surface area contributed by atoms with Crippen molar-refractivity contribution in [1.82, 2.24) is 0 Å². The molecule has 0 spiro atoms. The van der Waals surface area contributed by atoms with Gasteiger partial charge in [0.25, 0.3) is 0 Å². The van der Waals surface area contributed by atoms with Crippen LogP contribution in [0, 0.1) is 11.7 Å². The predicted octanol–water partition coefficient (Wildman–Crippen LogP) is 5.48. The Bertz CT molecular complexity index is 706. The Hall–Kier alpha value is -2.29. The van der Waals surface area contributed by atoms with Gasteiger partial charge < -0.3 is 9.47 Å². The summed E-state index contributed by atoms with van der Waals surface area (Å²) >= 11 is 0. The topological polar surface area (TPSA) is 18.5 Å². The summed E-state index contributed by atoms with van der Waals surface area (Å²) in [6.07, 6.45) is 6.42. The van der Waals surface area contributed by atoms with Gasteiger partial charge in [-0.25, -0.2) is 4.39 Å². The second kappa shape index (κ2) is 7.52. The first kappa shape index (κ1) is 16.6. The normalized spacial score (nSPS) is 20.0. The summed E-state index contributed by atoms with van der Waals surface area (Å²) in [7, 11) is 1.64. The Morgan fingerprint density at radius 1 is 1.00 bits per heavy atom. The van der Waals surface area contributed by atoms with Gasteiger partial charge in [-0.05, 0) is 48.1 Å². The van der Waals surface area contributed by atoms with Gasteiger partial charge in [-0.15, -0.1) is 0 Å². The minimum Gasteiger partial charge on any atom is -0.497 e. The molecular weight excluding hydrogens is 303 g/mol. The van der Waals surface area contributed by atoms with Crippen LogP contribution in [0.4, 0.5) is 4.39 Å². The van der Waals surface area contributed by atoms with Crippen LogP contribution in [0.1, 0.15) is 36.8 Å². The first-order valence-corrected chi connectivity index (χ1v) is 8.39. The number of allylic oxidation sites excluding steroid dienone is 2. The van der Waals surface area contributed by atoms with Gasteiger partial charge in [0.1, 0.15) is 23.9 Å². The smallest absolute Gasteiger partial charge is 0.130 e. The Morgan fingerprint density at radius 3 is 2.38 bits per heavy atom. The van der Waals surface area contributed by atoms with Gasteiger partial charge in [0.15, 0.2) is 0 Å². The van der Waals surface area contributed by atoms with E-state index in [0.29, 0.717) is 18.3 Å². The highest BCUT2D eigenvalue weighted by Gasteiger charge is 2.18. The lowest BCUT2D eigenvalue weighted by Crippen LogP contribution is -2.07. The maximum absolute atomic E-state index is 14.4. The van der Waals surface area contributed by atoms with Crippen molar-refractivity contribution in [2.75, 3.05) is 7.11 Å². The van der Waals surface area contributed by atoms with Crippen molar-refractivity contribution in [2.24, 2.45) is 5.92 Å². The molecule has 0 amide bonds. The van der Waals surface area contributed by atoms with Gasteiger partial charge in [-0.2, -0.15) is 0 Å². The van der Waals surface area contributed by atoms with E-state index < -0.39 is 0 Å². The van der Waals surface area contributed by atoms with Gasteiger partial charge in [0.2, 0.25) is 0 Å². The summed E-state index contributed by atoms with van der Waals surface area (Å²) in [5.74, 6) is 1.95. The minimum atomic E-state index is -0.188. The van der Waals surface area contributed by atoms with Gasteiger partial charge in [0.05, 0.1) is 7.11 Å². The first-order valence-electron chi connectivity index (χ1n) is 8.39. The lowest BCUT2D eigenvalue weighted by atomic mass is 9.85. The van der Waals surface area contributed by atoms with Crippen LogP contribution >= 0.6 is 0 Å². The molecule has 1 aliphatic rings. The second-order valence-corrected chi connectivity index (χ2v) is 6.37. The Balaban J connectivity index is 1.64. The summed E-state index contributed by atoms with van der Waals surface area (Å²) in [6.45, 7) is 2.60. The number of hydrogen-bond acceptors (Lipinski definition) is 2. The third-order valence-electron chi connectivity index (χ3n) is 4.54. The fraction of sp³-hybridized carbons (Fsp3) is 0.333. The van der Waals surface area contributed by atoms with E-state index in [2.05, 4.69) is 19.1 Å². The molecule has 0 aromatic heterocycles. The molecule has 2 aromatic rings. The van der Waals surface area contributed by atoms with Crippen molar-refractivity contribution in [2.45, 2.75) is 32.3 Å². The molecule has 0 saturated heterocycles. The zero-order valence-electron chi connectivity index (χ0n) is 14.2. The van der Waals surface area contributed by atoms with Crippen molar-refractivity contribution in [3.8, 4) is 11.5 Å². The highest BCUT2D eigenvalue weighted by Crippen LogP contribution is 2.33. The SMILES string of the molecule is COc1ccc(COc2ccc(C3C=CC(C)CC3)c(F)c2)cc1.